The Labute approximate surface area is 301 Å². The van der Waals surface area contributed by atoms with Gasteiger partial charge in [0.25, 0.3) is 0 Å². The van der Waals surface area contributed by atoms with Gasteiger partial charge in [0.05, 0.1) is 16.8 Å². The molecule has 3 heteroatoms. The lowest BCUT2D eigenvalue weighted by Gasteiger charge is -2.35. The Kier molecular flexibility index (Phi) is 6.17. The van der Waals surface area contributed by atoms with Crippen LogP contribution in [0.4, 0.5) is 0 Å². The van der Waals surface area contributed by atoms with Crippen LogP contribution in [0.1, 0.15) is 33.4 Å². The van der Waals surface area contributed by atoms with Crippen LogP contribution in [0.3, 0.4) is 0 Å². The average Bonchev–Trinajstić information content (AvgIpc) is 3.69. The molecule has 0 N–H and O–H groups in total. The van der Waals surface area contributed by atoms with E-state index < -0.39 is 5.41 Å². The topological polar surface area (TPSA) is 38.9 Å². The molecule has 0 saturated carbocycles. The molecule has 0 bridgehead atoms. The first-order valence-electron chi connectivity index (χ1n) is 17.7. The number of hydrogen-bond donors (Lipinski definition) is 0. The largest absolute Gasteiger partial charge is 0.455 e. The normalized spacial score (nSPS) is 15.3. The Hall–Kier alpha value is -6.84. The van der Waals surface area contributed by atoms with Gasteiger partial charge in [-0.15, -0.1) is 0 Å². The third-order valence-corrected chi connectivity index (χ3v) is 10.9. The summed E-state index contributed by atoms with van der Waals surface area (Å²) in [5.41, 5.74) is 15.8. The predicted molar refractivity (Wildman–Crippen MR) is 212 cm³/mol. The van der Waals surface area contributed by atoms with Crippen LogP contribution in [0.15, 0.2) is 174 Å². The molecule has 0 radical (unpaired) electrons. The fourth-order valence-electron chi connectivity index (χ4n) is 8.68. The van der Waals surface area contributed by atoms with Crippen LogP contribution in [-0.2, 0) is 5.41 Å². The van der Waals surface area contributed by atoms with Gasteiger partial charge in [-0.2, -0.15) is 0 Å². The Morgan fingerprint density at radius 3 is 1.90 bits per heavy atom. The highest BCUT2D eigenvalue weighted by atomic mass is 16.3. The molecule has 1 spiro atoms. The van der Waals surface area contributed by atoms with Crippen molar-refractivity contribution < 1.29 is 4.42 Å². The summed E-state index contributed by atoms with van der Waals surface area (Å²) in [5.74, 6) is 0.704. The number of nitrogens with zero attached hydrogens (tertiary/aromatic N) is 2. The molecule has 2 aromatic heterocycles. The lowest BCUT2D eigenvalue weighted by molar-refractivity contribution is 0.669. The van der Waals surface area contributed by atoms with E-state index in [1.807, 2.05) is 30.3 Å². The minimum absolute atomic E-state index is 0.609. The summed E-state index contributed by atoms with van der Waals surface area (Å²) in [5, 5.41) is 2.27. The van der Waals surface area contributed by atoms with Crippen LogP contribution in [0.5, 0.6) is 0 Å². The van der Waals surface area contributed by atoms with Crippen LogP contribution in [0, 0.1) is 0 Å². The monoisotopic (exact) mass is 662 g/mol. The van der Waals surface area contributed by atoms with E-state index in [4.69, 9.17) is 14.4 Å². The second-order valence-electron chi connectivity index (χ2n) is 13.7. The molecule has 2 aliphatic carbocycles. The first-order chi connectivity index (χ1) is 25.8. The standard InChI is InChI=1S/C49H30N2O/c1-3-14-33(15-4-1)43-30-44(51-48(50-43)34-16-5-2-6-17-34)35-26-25-32-24-23-31-13-7-10-20-39(31)49(42(32)29-35)40-21-11-8-19-38(40)46-41(49)28-27-37-36-18-9-12-22-45(36)52-47(37)46/h1-30H. The minimum atomic E-state index is -0.609. The molecule has 2 aliphatic rings. The number of furan rings is 1. The fraction of sp³-hybridized carbons (Fsp3) is 0.0204. The maximum atomic E-state index is 6.76. The Morgan fingerprint density at radius 2 is 1.08 bits per heavy atom. The van der Waals surface area contributed by atoms with Gasteiger partial charge in [0, 0.05) is 33.0 Å². The zero-order valence-corrected chi connectivity index (χ0v) is 28.1. The summed E-state index contributed by atoms with van der Waals surface area (Å²) in [6.07, 6.45) is 4.55. The first kappa shape index (κ1) is 28.9. The molecule has 0 aliphatic heterocycles. The Bertz CT molecular complexity index is 2850. The van der Waals surface area contributed by atoms with Crippen molar-refractivity contribution in [3.05, 3.63) is 203 Å². The molecule has 1 atom stereocenters. The zero-order chi connectivity index (χ0) is 34.2. The van der Waals surface area contributed by atoms with Gasteiger partial charge in [-0.05, 0) is 57.1 Å². The van der Waals surface area contributed by atoms with E-state index in [0.29, 0.717) is 5.82 Å². The predicted octanol–water partition coefficient (Wildman–Crippen LogP) is 12.2. The summed E-state index contributed by atoms with van der Waals surface area (Å²) < 4.78 is 6.76. The summed E-state index contributed by atoms with van der Waals surface area (Å²) >= 11 is 0. The molecule has 1 unspecified atom stereocenters. The molecule has 0 amide bonds. The summed E-state index contributed by atoms with van der Waals surface area (Å²) in [7, 11) is 0. The Balaban J connectivity index is 1.23. The van der Waals surface area contributed by atoms with Crippen LogP contribution >= 0.6 is 0 Å². The fourth-order valence-corrected chi connectivity index (χ4v) is 8.68. The van der Waals surface area contributed by atoms with Crippen molar-refractivity contribution in [1.29, 1.82) is 0 Å². The van der Waals surface area contributed by atoms with Crippen LogP contribution in [-0.4, -0.2) is 9.97 Å². The molecular weight excluding hydrogens is 633 g/mol. The molecule has 242 valence electrons. The van der Waals surface area contributed by atoms with Gasteiger partial charge in [0.1, 0.15) is 11.2 Å². The van der Waals surface area contributed by atoms with Gasteiger partial charge in [0.2, 0.25) is 0 Å². The van der Waals surface area contributed by atoms with E-state index in [2.05, 4.69) is 152 Å². The van der Waals surface area contributed by atoms with Gasteiger partial charge < -0.3 is 4.42 Å². The first-order valence-corrected chi connectivity index (χ1v) is 17.7. The minimum Gasteiger partial charge on any atom is -0.455 e. The van der Waals surface area contributed by atoms with Crippen LogP contribution < -0.4 is 0 Å². The quantitative estimate of drug-likeness (QED) is 0.189. The summed E-state index contributed by atoms with van der Waals surface area (Å²) in [6.45, 7) is 0. The highest BCUT2D eigenvalue weighted by Crippen LogP contribution is 2.60. The zero-order valence-electron chi connectivity index (χ0n) is 28.1. The van der Waals surface area contributed by atoms with Gasteiger partial charge in [-0.3, -0.25) is 0 Å². The van der Waals surface area contributed by atoms with Crippen LogP contribution in [0.25, 0.3) is 79.1 Å². The number of rotatable bonds is 3. The van der Waals surface area contributed by atoms with Crippen LogP contribution in [0.2, 0.25) is 0 Å². The molecule has 9 aromatic rings. The lowest BCUT2D eigenvalue weighted by atomic mass is 9.65. The van der Waals surface area contributed by atoms with Gasteiger partial charge in [-0.25, -0.2) is 9.97 Å². The van der Waals surface area contributed by atoms with Crippen molar-refractivity contribution in [2.45, 2.75) is 5.41 Å². The maximum Gasteiger partial charge on any atom is 0.160 e. The van der Waals surface area contributed by atoms with E-state index in [-0.39, 0.29) is 0 Å². The van der Waals surface area contributed by atoms with E-state index in [0.717, 1.165) is 55.6 Å². The third-order valence-electron chi connectivity index (χ3n) is 10.9. The van der Waals surface area contributed by atoms with E-state index >= 15 is 0 Å². The molecule has 2 heterocycles. The summed E-state index contributed by atoms with van der Waals surface area (Å²) in [6, 6.07) is 60.4. The molecule has 0 fully saturated rings. The highest BCUT2D eigenvalue weighted by molar-refractivity contribution is 6.12. The summed E-state index contributed by atoms with van der Waals surface area (Å²) in [4.78, 5) is 10.3. The maximum absolute atomic E-state index is 6.76. The number of hydrogen-bond acceptors (Lipinski definition) is 3. The van der Waals surface area contributed by atoms with Gasteiger partial charge in [-0.1, -0.05) is 164 Å². The molecule has 3 nitrogen and oxygen atoms in total. The Morgan fingerprint density at radius 1 is 0.423 bits per heavy atom. The highest BCUT2D eigenvalue weighted by Gasteiger charge is 2.49. The molecule has 11 rings (SSSR count). The van der Waals surface area contributed by atoms with E-state index in [1.54, 1.807) is 0 Å². The van der Waals surface area contributed by atoms with Crippen molar-refractivity contribution in [1.82, 2.24) is 9.97 Å². The van der Waals surface area contributed by atoms with Crippen molar-refractivity contribution >= 4 is 34.1 Å². The van der Waals surface area contributed by atoms with Crippen molar-refractivity contribution in [3.8, 4) is 45.0 Å². The lowest BCUT2D eigenvalue weighted by Crippen LogP contribution is -2.30. The average molecular weight is 663 g/mol. The molecular formula is C49H30N2O. The molecule has 0 saturated heterocycles. The van der Waals surface area contributed by atoms with E-state index in [1.165, 1.54) is 38.9 Å². The van der Waals surface area contributed by atoms with Crippen molar-refractivity contribution in [2.75, 3.05) is 0 Å². The third kappa shape index (κ3) is 4.08. The number of benzene rings is 7. The van der Waals surface area contributed by atoms with Crippen molar-refractivity contribution in [3.63, 3.8) is 0 Å². The number of para-hydroxylation sites is 1. The SMILES string of the molecule is C1=Cc2ccc(-c3cc(-c4ccccc4)nc(-c4ccccc4)n3)cc2C2(c3ccccc31)c1ccccc1-c1c2ccc2c1oc1ccccc12. The number of aromatic nitrogens is 2. The second kappa shape index (κ2) is 11.1. The van der Waals surface area contributed by atoms with Gasteiger partial charge in [0.15, 0.2) is 5.82 Å². The molecule has 7 aromatic carbocycles. The molecule has 52 heavy (non-hydrogen) atoms. The second-order valence-corrected chi connectivity index (χ2v) is 13.7. The van der Waals surface area contributed by atoms with Crippen molar-refractivity contribution in [2.24, 2.45) is 0 Å². The smallest absolute Gasteiger partial charge is 0.160 e. The van der Waals surface area contributed by atoms with Gasteiger partial charge >= 0.3 is 0 Å². The van der Waals surface area contributed by atoms with E-state index in [9.17, 15) is 0 Å². The number of fused-ring (bicyclic) bond motifs is 13.